The second-order valence-electron chi connectivity index (χ2n) is 7.24. The highest BCUT2D eigenvalue weighted by atomic mass is 32.2. The molecule has 3 heterocycles. The molecule has 3 unspecified atom stereocenters. The monoisotopic (exact) mass is 431 g/mol. The van der Waals surface area contributed by atoms with E-state index in [-0.39, 0.29) is 35.8 Å². The summed E-state index contributed by atoms with van der Waals surface area (Å²) < 4.78 is 4.70. The summed E-state index contributed by atoms with van der Waals surface area (Å²) in [5.74, 6) is -0.697. The van der Waals surface area contributed by atoms with E-state index in [2.05, 4.69) is 10.2 Å². The molecule has 2 fully saturated rings. The van der Waals surface area contributed by atoms with Crippen molar-refractivity contribution in [3.63, 3.8) is 0 Å². The molecular formula is C18H17N5O6S. The Hall–Kier alpha value is -3.28. The number of amides is 1. The van der Waals surface area contributed by atoms with E-state index in [1.807, 2.05) is 6.92 Å². The molecule has 11 nitrogen and oxygen atoms in total. The summed E-state index contributed by atoms with van der Waals surface area (Å²) in [6, 6.07) is 4.86. The SMILES string of the molecule is CC1(Cn2ncc(C=O)n2)SC2CC(=O)N2C1C(=O)OCc1ccc([N+](=O)[O-])cc1. The molecule has 30 heavy (non-hydrogen) atoms. The summed E-state index contributed by atoms with van der Waals surface area (Å²) in [6.45, 7) is 1.98. The minimum atomic E-state index is -0.836. The third-order valence-corrected chi connectivity index (χ3v) is 6.65. The van der Waals surface area contributed by atoms with E-state index < -0.39 is 21.7 Å². The molecule has 4 rings (SSSR count). The second-order valence-corrected chi connectivity index (χ2v) is 8.95. The van der Waals surface area contributed by atoms with E-state index in [9.17, 15) is 24.5 Å². The van der Waals surface area contributed by atoms with Gasteiger partial charge in [0.1, 0.15) is 18.3 Å². The van der Waals surface area contributed by atoms with Gasteiger partial charge in [0.25, 0.3) is 5.69 Å². The fraction of sp³-hybridized carbons (Fsp3) is 0.389. The van der Waals surface area contributed by atoms with E-state index in [4.69, 9.17) is 4.74 Å². The van der Waals surface area contributed by atoms with Crippen LogP contribution in [0.25, 0.3) is 0 Å². The molecule has 2 aliphatic heterocycles. The summed E-state index contributed by atoms with van der Waals surface area (Å²) in [5.41, 5.74) is 0.718. The first kappa shape index (κ1) is 20.0. The maximum atomic E-state index is 13.0. The topological polar surface area (TPSA) is 138 Å². The number of non-ortho nitro benzene ring substituents is 1. The maximum absolute atomic E-state index is 13.0. The molecule has 0 radical (unpaired) electrons. The summed E-state index contributed by atoms with van der Waals surface area (Å²) in [4.78, 5) is 49.1. The van der Waals surface area contributed by atoms with Crippen LogP contribution in [0.1, 0.15) is 29.4 Å². The number of fused-ring (bicyclic) bond motifs is 1. The van der Waals surface area contributed by atoms with Gasteiger partial charge in [0, 0.05) is 12.1 Å². The molecular weight excluding hydrogens is 414 g/mol. The lowest BCUT2D eigenvalue weighted by Crippen LogP contribution is -2.58. The molecule has 2 saturated heterocycles. The van der Waals surface area contributed by atoms with E-state index in [0.717, 1.165) is 0 Å². The standard InChI is InChI=1S/C18H17N5O6S/c1-18(10-21-19-7-12(8-24)20-21)16(22-14(25)6-15(22)30-18)17(26)29-9-11-2-4-13(5-3-11)23(27)28/h2-5,7-8,15-16H,6,9-10H2,1H3. The first-order chi connectivity index (χ1) is 14.3. The van der Waals surface area contributed by atoms with Crippen LogP contribution in [0, 0.1) is 10.1 Å². The molecule has 2 aromatic rings. The molecule has 1 amide bonds. The normalized spacial score (nSPS) is 24.8. The number of carbonyl (C=O) groups is 3. The van der Waals surface area contributed by atoms with E-state index >= 15 is 0 Å². The van der Waals surface area contributed by atoms with Crippen LogP contribution in [0.5, 0.6) is 0 Å². The fourth-order valence-corrected chi connectivity index (χ4v) is 5.36. The van der Waals surface area contributed by atoms with Crippen molar-refractivity contribution in [3.8, 4) is 0 Å². The smallest absolute Gasteiger partial charge is 0.330 e. The van der Waals surface area contributed by atoms with Crippen molar-refractivity contribution < 1.29 is 24.0 Å². The average Bonchev–Trinajstić information content (AvgIpc) is 3.26. The minimum absolute atomic E-state index is 0.0553. The van der Waals surface area contributed by atoms with Crippen LogP contribution in [0.2, 0.25) is 0 Å². The summed E-state index contributed by atoms with van der Waals surface area (Å²) in [6.07, 6.45) is 2.26. The molecule has 0 N–H and O–H groups in total. The number of rotatable bonds is 7. The van der Waals surface area contributed by atoms with E-state index in [0.29, 0.717) is 18.3 Å². The minimum Gasteiger partial charge on any atom is -0.459 e. The van der Waals surface area contributed by atoms with Crippen molar-refractivity contribution in [1.29, 1.82) is 0 Å². The predicted molar refractivity (Wildman–Crippen MR) is 103 cm³/mol. The second kappa shape index (κ2) is 7.52. The molecule has 0 spiro atoms. The fourth-order valence-electron chi connectivity index (χ4n) is 3.64. The molecule has 1 aromatic carbocycles. The molecule has 0 aliphatic carbocycles. The van der Waals surface area contributed by atoms with Crippen LogP contribution < -0.4 is 0 Å². The quantitative estimate of drug-likeness (QED) is 0.208. The first-order valence-electron chi connectivity index (χ1n) is 9.05. The summed E-state index contributed by atoms with van der Waals surface area (Å²) in [7, 11) is 0. The Kier molecular flexibility index (Phi) is 5.02. The highest BCUT2D eigenvalue weighted by Crippen LogP contribution is 2.51. The number of esters is 1. The van der Waals surface area contributed by atoms with Crippen molar-refractivity contribution in [3.05, 3.63) is 51.8 Å². The number of carbonyl (C=O) groups excluding carboxylic acids is 3. The number of nitro groups is 1. The van der Waals surface area contributed by atoms with Crippen LogP contribution in [0.15, 0.2) is 30.5 Å². The predicted octanol–water partition coefficient (Wildman–Crippen LogP) is 1.17. The van der Waals surface area contributed by atoms with Gasteiger partial charge in [0.15, 0.2) is 6.29 Å². The van der Waals surface area contributed by atoms with E-state index in [1.165, 1.54) is 51.9 Å². The molecule has 12 heteroatoms. The number of ether oxygens (including phenoxy) is 1. The van der Waals surface area contributed by atoms with Gasteiger partial charge in [-0.3, -0.25) is 19.7 Å². The zero-order valence-corrected chi connectivity index (χ0v) is 16.7. The highest BCUT2D eigenvalue weighted by Gasteiger charge is 2.61. The number of benzene rings is 1. The summed E-state index contributed by atoms with van der Waals surface area (Å²) in [5, 5.41) is 18.7. The number of aromatic nitrogens is 3. The van der Waals surface area contributed by atoms with Crippen LogP contribution in [-0.4, -0.2) is 59.1 Å². The Morgan fingerprint density at radius 3 is 2.77 bits per heavy atom. The lowest BCUT2D eigenvalue weighted by atomic mass is 9.96. The van der Waals surface area contributed by atoms with Crippen molar-refractivity contribution in [2.24, 2.45) is 0 Å². The zero-order chi connectivity index (χ0) is 21.5. The van der Waals surface area contributed by atoms with Crippen molar-refractivity contribution >= 4 is 35.6 Å². The van der Waals surface area contributed by atoms with Gasteiger partial charge < -0.3 is 9.64 Å². The number of β-lactam (4-membered cyclic amide) rings is 1. The van der Waals surface area contributed by atoms with Gasteiger partial charge in [-0.15, -0.1) is 11.8 Å². The Morgan fingerprint density at radius 2 is 2.17 bits per heavy atom. The Balaban J connectivity index is 1.49. The van der Waals surface area contributed by atoms with Crippen molar-refractivity contribution in [2.75, 3.05) is 0 Å². The van der Waals surface area contributed by atoms with Crippen LogP contribution in [0.4, 0.5) is 5.69 Å². The number of hydrogen-bond acceptors (Lipinski definition) is 9. The zero-order valence-electron chi connectivity index (χ0n) is 15.8. The molecule has 0 saturated carbocycles. The lowest BCUT2D eigenvalue weighted by Gasteiger charge is -2.37. The number of nitro benzene ring substituents is 1. The van der Waals surface area contributed by atoms with Crippen LogP contribution >= 0.6 is 11.8 Å². The first-order valence-corrected chi connectivity index (χ1v) is 9.93. The molecule has 3 atom stereocenters. The third kappa shape index (κ3) is 3.54. The van der Waals surface area contributed by atoms with Gasteiger partial charge in [-0.25, -0.2) is 4.79 Å². The van der Waals surface area contributed by atoms with Crippen LogP contribution in [0.3, 0.4) is 0 Å². The molecule has 0 bridgehead atoms. The number of thioether (sulfide) groups is 1. The van der Waals surface area contributed by atoms with Gasteiger partial charge in [-0.1, -0.05) is 0 Å². The van der Waals surface area contributed by atoms with Gasteiger partial charge >= 0.3 is 5.97 Å². The van der Waals surface area contributed by atoms with E-state index in [1.54, 1.807) is 0 Å². The lowest BCUT2D eigenvalue weighted by molar-refractivity contribution is -0.384. The van der Waals surface area contributed by atoms with Gasteiger partial charge in [0.2, 0.25) is 5.91 Å². The third-order valence-electron chi connectivity index (χ3n) is 5.09. The highest BCUT2D eigenvalue weighted by molar-refractivity contribution is 8.01. The molecule has 2 aliphatic rings. The number of nitrogens with zero attached hydrogens (tertiary/aromatic N) is 5. The Labute approximate surface area is 174 Å². The summed E-state index contributed by atoms with van der Waals surface area (Å²) >= 11 is 1.48. The molecule has 1 aromatic heterocycles. The number of aldehydes is 1. The van der Waals surface area contributed by atoms with Gasteiger partial charge in [-0.2, -0.15) is 15.0 Å². The average molecular weight is 431 g/mol. The molecule has 156 valence electrons. The maximum Gasteiger partial charge on any atom is 0.330 e. The largest absolute Gasteiger partial charge is 0.459 e. The van der Waals surface area contributed by atoms with Crippen molar-refractivity contribution in [1.82, 2.24) is 19.9 Å². The Morgan fingerprint density at radius 1 is 1.43 bits per heavy atom. The van der Waals surface area contributed by atoms with Gasteiger partial charge in [0.05, 0.1) is 34.2 Å². The van der Waals surface area contributed by atoms with Gasteiger partial charge in [-0.05, 0) is 24.6 Å². The Bertz CT molecular complexity index is 1020. The van der Waals surface area contributed by atoms with Crippen molar-refractivity contribution in [2.45, 2.75) is 42.7 Å². The number of hydrogen-bond donors (Lipinski definition) is 0. The van der Waals surface area contributed by atoms with Crippen LogP contribution in [-0.2, 0) is 27.5 Å².